The molecule has 190 valence electrons. The second-order valence-electron chi connectivity index (χ2n) is 8.60. The fourth-order valence-corrected chi connectivity index (χ4v) is 4.00. The molecule has 8 heteroatoms. The molecule has 3 aromatic rings. The van der Waals surface area contributed by atoms with Crippen LogP contribution in [0, 0.1) is 0 Å². The number of amides is 3. The van der Waals surface area contributed by atoms with Crippen LogP contribution in [0.25, 0.3) is 0 Å². The Morgan fingerprint density at radius 3 is 2.27 bits per heavy atom. The summed E-state index contributed by atoms with van der Waals surface area (Å²) in [6.45, 7) is 3.20. The first kappa shape index (κ1) is 26.0. The van der Waals surface area contributed by atoms with Crippen molar-refractivity contribution in [3.05, 3.63) is 106 Å². The highest BCUT2D eigenvalue weighted by molar-refractivity contribution is 6.47. The molecular formula is C29H28ClN3O4. The lowest BCUT2D eigenvalue weighted by molar-refractivity contribution is -0.138. The van der Waals surface area contributed by atoms with Gasteiger partial charge in [0.05, 0.1) is 13.2 Å². The first-order chi connectivity index (χ1) is 18.0. The Morgan fingerprint density at radius 2 is 1.59 bits per heavy atom. The SMILES string of the molecule is CCCCOc1ccc(NC(=O)c2ccc(CNC3=C(Cl)C(=O)N(Cc4ccccc4)C3=O)cc2)cc1. The zero-order valence-electron chi connectivity index (χ0n) is 20.5. The van der Waals surface area contributed by atoms with Gasteiger partial charge in [0.15, 0.2) is 0 Å². The van der Waals surface area contributed by atoms with Crippen molar-refractivity contribution >= 4 is 35.0 Å². The molecule has 3 amide bonds. The van der Waals surface area contributed by atoms with Crippen LogP contribution < -0.4 is 15.4 Å². The molecule has 1 heterocycles. The predicted octanol–water partition coefficient (Wildman–Crippen LogP) is 5.23. The third-order valence-electron chi connectivity index (χ3n) is 5.86. The highest BCUT2D eigenvalue weighted by Gasteiger charge is 2.37. The lowest BCUT2D eigenvalue weighted by Crippen LogP contribution is -2.33. The number of anilines is 1. The number of halogens is 1. The number of imide groups is 1. The van der Waals surface area contributed by atoms with Crippen LogP contribution in [0.3, 0.4) is 0 Å². The summed E-state index contributed by atoms with van der Waals surface area (Å²) in [5.74, 6) is -0.454. The minimum atomic E-state index is -0.523. The molecule has 0 saturated carbocycles. The van der Waals surface area contributed by atoms with Crippen LogP contribution >= 0.6 is 11.6 Å². The number of benzene rings is 3. The van der Waals surface area contributed by atoms with Crippen molar-refractivity contribution in [1.29, 1.82) is 0 Å². The molecule has 0 fully saturated rings. The van der Waals surface area contributed by atoms with Crippen molar-refractivity contribution < 1.29 is 19.1 Å². The number of ether oxygens (including phenoxy) is 1. The van der Waals surface area contributed by atoms with Crippen LogP contribution in [0.4, 0.5) is 5.69 Å². The van der Waals surface area contributed by atoms with Crippen molar-refractivity contribution in [3.8, 4) is 5.75 Å². The Bertz CT molecular complexity index is 1290. The third kappa shape index (κ3) is 6.57. The molecule has 0 radical (unpaired) electrons. The average molecular weight is 518 g/mol. The molecule has 0 bridgehead atoms. The van der Waals surface area contributed by atoms with E-state index in [-0.39, 0.29) is 29.7 Å². The van der Waals surface area contributed by atoms with E-state index < -0.39 is 11.8 Å². The molecule has 37 heavy (non-hydrogen) atoms. The van der Waals surface area contributed by atoms with Crippen molar-refractivity contribution in [3.63, 3.8) is 0 Å². The number of rotatable bonds is 11. The summed E-state index contributed by atoms with van der Waals surface area (Å²) in [7, 11) is 0. The molecule has 0 unspecified atom stereocenters. The fourth-order valence-electron chi connectivity index (χ4n) is 3.75. The van der Waals surface area contributed by atoms with E-state index in [1.807, 2.05) is 42.5 Å². The van der Waals surface area contributed by atoms with Gasteiger partial charge >= 0.3 is 0 Å². The summed E-state index contributed by atoms with van der Waals surface area (Å²) in [5.41, 5.74) is 2.89. The topological polar surface area (TPSA) is 87.7 Å². The number of hydrogen-bond donors (Lipinski definition) is 2. The van der Waals surface area contributed by atoms with Crippen LogP contribution in [0.2, 0.25) is 0 Å². The van der Waals surface area contributed by atoms with Gasteiger partial charge in [-0.1, -0.05) is 67.4 Å². The Hall–Kier alpha value is -4.10. The minimum Gasteiger partial charge on any atom is -0.494 e. The van der Waals surface area contributed by atoms with E-state index in [4.69, 9.17) is 16.3 Å². The predicted molar refractivity (Wildman–Crippen MR) is 143 cm³/mol. The summed E-state index contributed by atoms with van der Waals surface area (Å²) in [4.78, 5) is 39.1. The minimum absolute atomic E-state index is 0.0755. The number of nitrogens with one attached hydrogen (secondary N) is 2. The maximum atomic E-state index is 12.8. The van der Waals surface area contributed by atoms with E-state index in [1.165, 1.54) is 0 Å². The zero-order valence-corrected chi connectivity index (χ0v) is 21.3. The number of carbonyl (C=O) groups is 3. The molecule has 1 aliphatic heterocycles. The van der Waals surface area contributed by atoms with Gasteiger partial charge in [-0.05, 0) is 53.9 Å². The number of nitrogens with zero attached hydrogens (tertiary/aromatic N) is 1. The summed E-state index contributed by atoms with van der Waals surface area (Å²) >= 11 is 6.18. The van der Waals surface area contributed by atoms with Crippen LogP contribution in [0.15, 0.2) is 89.6 Å². The zero-order chi connectivity index (χ0) is 26.2. The Kier molecular flexibility index (Phi) is 8.59. The summed E-state index contributed by atoms with van der Waals surface area (Å²) < 4.78 is 5.64. The molecule has 0 aliphatic carbocycles. The van der Waals surface area contributed by atoms with Gasteiger partial charge in [0.25, 0.3) is 17.7 Å². The van der Waals surface area contributed by atoms with Gasteiger partial charge in [0, 0.05) is 17.8 Å². The Balaban J connectivity index is 1.31. The van der Waals surface area contributed by atoms with Crippen LogP contribution in [-0.4, -0.2) is 29.2 Å². The molecule has 0 aromatic heterocycles. The van der Waals surface area contributed by atoms with Gasteiger partial charge in [-0.2, -0.15) is 0 Å². The van der Waals surface area contributed by atoms with Gasteiger partial charge < -0.3 is 15.4 Å². The molecule has 2 N–H and O–H groups in total. The normalized spacial score (nSPS) is 13.2. The largest absolute Gasteiger partial charge is 0.494 e. The van der Waals surface area contributed by atoms with Crippen LogP contribution in [0.5, 0.6) is 5.75 Å². The number of carbonyl (C=O) groups excluding carboxylic acids is 3. The van der Waals surface area contributed by atoms with E-state index in [9.17, 15) is 14.4 Å². The number of unbranched alkanes of at least 4 members (excludes halogenated alkanes) is 1. The Labute approximate surface area is 221 Å². The van der Waals surface area contributed by atoms with Crippen molar-refractivity contribution in [1.82, 2.24) is 10.2 Å². The van der Waals surface area contributed by atoms with E-state index in [1.54, 1.807) is 36.4 Å². The van der Waals surface area contributed by atoms with E-state index in [0.29, 0.717) is 17.9 Å². The van der Waals surface area contributed by atoms with E-state index >= 15 is 0 Å². The molecule has 0 saturated heterocycles. The number of hydrogen-bond acceptors (Lipinski definition) is 5. The third-order valence-corrected chi connectivity index (χ3v) is 6.21. The first-order valence-corrected chi connectivity index (χ1v) is 12.5. The smallest absolute Gasteiger partial charge is 0.278 e. The molecule has 1 aliphatic rings. The molecular weight excluding hydrogens is 490 g/mol. The van der Waals surface area contributed by atoms with Crippen molar-refractivity contribution in [2.45, 2.75) is 32.9 Å². The van der Waals surface area contributed by atoms with Gasteiger partial charge in [-0.3, -0.25) is 19.3 Å². The highest BCUT2D eigenvalue weighted by atomic mass is 35.5. The maximum Gasteiger partial charge on any atom is 0.278 e. The summed E-state index contributed by atoms with van der Waals surface area (Å²) in [5, 5.41) is 5.72. The molecule has 3 aromatic carbocycles. The molecule has 7 nitrogen and oxygen atoms in total. The van der Waals surface area contributed by atoms with Crippen molar-refractivity contribution in [2.24, 2.45) is 0 Å². The monoisotopic (exact) mass is 517 g/mol. The standard InChI is InChI=1S/C29H28ClN3O4/c1-2-3-17-37-24-15-13-23(14-16-24)32-27(34)22-11-9-20(10-12-22)18-31-26-25(30)28(35)33(29(26)36)19-21-7-5-4-6-8-21/h4-16,31H,2-3,17-19H2,1H3,(H,32,34). The first-order valence-electron chi connectivity index (χ1n) is 12.1. The second-order valence-corrected chi connectivity index (χ2v) is 8.98. The second kappa shape index (κ2) is 12.2. The molecule has 0 atom stereocenters. The van der Waals surface area contributed by atoms with Crippen LogP contribution in [-0.2, 0) is 22.7 Å². The summed E-state index contributed by atoms with van der Waals surface area (Å²) in [6.07, 6.45) is 2.07. The van der Waals surface area contributed by atoms with E-state index in [0.717, 1.165) is 34.6 Å². The van der Waals surface area contributed by atoms with Gasteiger partial charge in [-0.15, -0.1) is 0 Å². The summed E-state index contributed by atoms with van der Waals surface area (Å²) in [6, 6.07) is 23.5. The Morgan fingerprint density at radius 1 is 0.892 bits per heavy atom. The van der Waals surface area contributed by atoms with Crippen molar-refractivity contribution in [2.75, 3.05) is 11.9 Å². The van der Waals surface area contributed by atoms with Gasteiger partial charge in [0.2, 0.25) is 0 Å². The maximum absolute atomic E-state index is 12.8. The lowest BCUT2D eigenvalue weighted by Gasteiger charge is -2.15. The quantitative estimate of drug-likeness (QED) is 0.269. The van der Waals surface area contributed by atoms with E-state index in [2.05, 4.69) is 17.6 Å². The molecule has 0 spiro atoms. The average Bonchev–Trinajstić information content (AvgIpc) is 3.12. The van der Waals surface area contributed by atoms with Gasteiger partial charge in [-0.25, -0.2) is 0 Å². The van der Waals surface area contributed by atoms with Crippen LogP contribution in [0.1, 0.15) is 41.3 Å². The highest BCUT2D eigenvalue weighted by Crippen LogP contribution is 2.24. The van der Waals surface area contributed by atoms with Gasteiger partial charge in [0.1, 0.15) is 16.5 Å². The molecule has 4 rings (SSSR count). The lowest BCUT2D eigenvalue weighted by atomic mass is 10.1. The fraction of sp³-hybridized carbons (Fsp3) is 0.207.